The summed E-state index contributed by atoms with van der Waals surface area (Å²) < 4.78 is 10.1. The van der Waals surface area contributed by atoms with Crippen LogP contribution in [-0.2, 0) is 9.53 Å². The maximum atomic E-state index is 12.3. The summed E-state index contributed by atoms with van der Waals surface area (Å²) in [6, 6.07) is 12.6. The van der Waals surface area contributed by atoms with Gasteiger partial charge in [0.25, 0.3) is 0 Å². The molecular weight excluding hydrogens is 332 g/mol. The highest BCUT2D eigenvalue weighted by Gasteiger charge is 2.14. The lowest BCUT2D eigenvalue weighted by Gasteiger charge is -2.18. The van der Waals surface area contributed by atoms with E-state index in [4.69, 9.17) is 9.47 Å². The molecule has 138 valence electrons. The summed E-state index contributed by atoms with van der Waals surface area (Å²) in [7, 11) is 2.94. The van der Waals surface area contributed by atoms with Crippen LogP contribution in [0, 0.1) is 6.92 Å². The van der Waals surface area contributed by atoms with Crippen LogP contribution in [0.15, 0.2) is 42.5 Å². The zero-order valence-corrected chi connectivity index (χ0v) is 15.5. The molecule has 26 heavy (non-hydrogen) atoms. The van der Waals surface area contributed by atoms with E-state index < -0.39 is 5.97 Å². The van der Waals surface area contributed by atoms with Crippen LogP contribution in [0.5, 0.6) is 5.75 Å². The number of ether oxygens (including phenoxy) is 2. The third-order valence-electron chi connectivity index (χ3n) is 4.08. The van der Waals surface area contributed by atoms with Crippen LogP contribution >= 0.6 is 0 Å². The molecule has 0 fully saturated rings. The molecule has 6 nitrogen and oxygen atoms in total. The van der Waals surface area contributed by atoms with Gasteiger partial charge in [-0.2, -0.15) is 0 Å². The fourth-order valence-corrected chi connectivity index (χ4v) is 2.63. The lowest BCUT2D eigenvalue weighted by atomic mass is 10.1. The lowest BCUT2D eigenvalue weighted by molar-refractivity contribution is -0.120. The van der Waals surface area contributed by atoms with E-state index in [9.17, 15) is 9.59 Å². The number of hydrogen-bond acceptors (Lipinski definition) is 5. The Morgan fingerprint density at radius 1 is 1.12 bits per heavy atom. The molecule has 1 unspecified atom stereocenters. The van der Waals surface area contributed by atoms with Gasteiger partial charge in [-0.05, 0) is 37.6 Å². The Kier molecular flexibility index (Phi) is 6.60. The standard InChI is InChI=1S/C20H24N2O4/c1-13-9-10-15(20(24)26-4)11-17(13)21-12-19(23)22-14(2)16-7-5-6-8-18(16)25-3/h5-11,14,21H,12H2,1-4H3,(H,22,23). The molecule has 2 aromatic rings. The summed E-state index contributed by atoms with van der Waals surface area (Å²) in [4.78, 5) is 23.9. The number of hydrogen-bond donors (Lipinski definition) is 2. The van der Waals surface area contributed by atoms with E-state index in [1.165, 1.54) is 7.11 Å². The van der Waals surface area contributed by atoms with Crippen molar-refractivity contribution < 1.29 is 19.1 Å². The molecule has 2 N–H and O–H groups in total. The van der Waals surface area contributed by atoms with Crippen molar-refractivity contribution in [3.63, 3.8) is 0 Å². The molecule has 0 aromatic heterocycles. The maximum absolute atomic E-state index is 12.3. The average Bonchev–Trinajstić information content (AvgIpc) is 2.66. The molecule has 0 saturated heterocycles. The maximum Gasteiger partial charge on any atom is 0.337 e. The first-order valence-electron chi connectivity index (χ1n) is 8.31. The summed E-state index contributed by atoms with van der Waals surface area (Å²) >= 11 is 0. The van der Waals surface area contributed by atoms with Crippen LogP contribution in [0.3, 0.4) is 0 Å². The van der Waals surface area contributed by atoms with E-state index >= 15 is 0 Å². The number of amides is 1. The van der Waals surface area contributed by atoms with Crippen LogP contribution in [-0.4, -0.2) is 32.6 Å². The molecular formula is C20H24N2O4. The predicted molar refractivity (Wildman–Crippen MR) is 101 cm³/mol. The third-order valence-corrected chi connectivity index (χ3v) is 4.08. The third kappa shape index (κ3) is 4.75. The second-order valence-electron chi connectivity index (χ2n) is 5.91. The number of esters is 1. The number of carbonyl (C=O) groups excluding carboxylic acids is 2. The van der Waals surface area contributed by atoms with Gasteiger partial charge >= 0.3 is 5.97 Å². The molecule has 6 heteroatoms. The molecule has 0 aliphatic carbocycles. The van der Waals surface area contributed by atoms with E-state index in [0.717, 1.165) is 16.9 Å². The quantitative estimate of drug-likeness (QED) is 0.746. The average molecular weight is 356 g/mol. The number of benzene rings is 2. The Morgan fingerprint density at radius 3 is 2.54 bits per heavy atom. The van der Waals surface area contributed by atoms with Crippen molar-refractivity contribution in [2.75, 3.05) is 26.1 Å². The van der Waals surface area contributed by atoms with E-state index in [1.807, 2.05) is 44.2 Å². The van der Waals surface area contributed by atoms with E-state index in [-0.39, 0.29) is 18.5 Å². The highest BCUT2D eigenvalue weighted by molar-refractivity contribution is 5.91. The van der Waals surface area contributed by atoms with Gasteiger partial charge in [0, 0.05) is 11.3 Å². The van der Waals surface area contributed by atoms with E-state index in [1.54, 1.807) is 19.2 Å². The SMILES string of the molecule is COC(=O)c1ccc(C)c(NCC(=O)NC(C)c2ccccc2OC)c1. The molecule has 0 radical (unpaired) electrons. The summed E-state index contributed by atoms with van der Waals surface area (Å²) in [6.07, 6.45) is 0. The second kappa shape index (κ2) is 8.89. The molecule has 2 aromatic carbocycles. The van der Waals surface area contributed by atoms with Crippen LogP contribution in [0.25, 0.3) is 0 Å². The van der Waals surface area contributed by atoms with Gasteiger partial charge in [0.05, 0.1) is 32.4 Å². The van der Waals surface area contributed by atoms with Crippen LogP contribution < -0.4 is 15.4 Å². The minimum absolute atomic E-state index is 0.0882. The second-order valence-corrected chi connectivity index (χ2v) is 5.91. The molecule has 1 atom stereocenters. The van der Waals surface area contributed by atoms with Crippen molar-refractivity contribution in [2.45, 2.75) is 19.9 Å². The summed E-state index contributed by atoms with van der Waals surface area (Å²) in [5.41, 5.74) is 2.99. The van der Waals surface area contributed by atoms with E-state index in [2.05, 4.69) is 10.6 Å². The lowest BCUT2D eigenvalue weighted by Crippen LogP contribution is -2.32. The number of para-hydroxylation sites is 1. The van der Waals surface area contributed by atoms with Gasteiger partial charge in [-0.3, -0.25) is 4.79 Å². The molecule has 1 amide bonds. The normalized spacial score (nSPS) is 11.4. The summed E-state index contributed by atoms with van der Waals surface area (Å²) in [5.74, 6) is 0.156. The monoisotopic (exact) mass is 356 g/mol. The van der Waals surface area contributed by atoms with Crippen molar-refractivity contribution in [1.29, 1.82) is 0 Å². The fraction of sp³-hybridized carbons (Fsp3) is 0.300. The molecule has 0 aliphatic rings. The van der Waals surface area contributed by atoms with Gasteiger partial charge in [-0.15, -0.1) is 0 Å². The first kappa shape index (κ1) is 19.3. The largest absolute Gasteiger partial charge is 0.496 e. The van der Waals surface area contributed by atoms with Crippen LogP contribution in [0.2, 0.25) is 0 Å². The zero-order chi connectivity index (χ0) is 19.1. The Balaban J connectivity index is 1.99. The topological polar surface area (TPSA) is 76.7 Å². The Hall–Kier alpha value is -3.02. The Labute approximate surface area is 153 Å². The highest BCUT2D eigenvalue weighted by Crippen LogP contribution is 2.24. The Bertz CT molecular complexity index is 789. The number of carbonyl (C=O) groups is 2. The fourth-order valence-electron chi connectivity index (χ4n) is 2.63. The van der Waals surface area contributed by atoms with Crippen molar-refractivity contribution in [3.8, 4) is 5.75 Å². The van der Waals surface area contributed by atoms with Crippen LogP contribution in [0.1, 0.15) is 34.5 Å². The number of nitrogens with one attached hydrogen (secondary N) is 2. The molecule has 2 rings (SSSR count). The van der Waals surface area contributed by atoms with Gasteiger partial charge in [0.2, 0.25) is 5.91 Å². The summed E-state index contributed by atoms with van der Waals surface area (Å²) in [5, 5.41) is 6.00. The first-order valence-corrected chi connectivity index (χ1v) is 8.31. The van der Waals surface area contributed by atoms with Gasteiger partial charge in [0.15, 0.2) is 0 Å². The first-order chi connectivity index (χ1) is 12.5. The summed E-state index contributed by atoms with van der Waals surface area (Å²) in [6.45, 7) is 3.89. The molecule has 0 saturated carbocycles. The minimum atomic E-state index is -0.415. The van der Waals surface area contributed by atoms with Gasteiger partial charge < -0.3 is 20.1 Å². The van der Waals surface area contributed by atoms with Gasteiger partial charge in [-0.1, -0.05) is 24.3 Å². The highest BCUT2D eigenvalue weighted by atomic mass is 16.5. The predicted octanol–water partition coefficient (Wildman–Crippen LogP) is 3.08. The van der Waals surface area contributed by atoms with Crippen molar-refractivity contribution in [2.24, 2.45) is 0 Å². The number of rotatable bonds is 7. The molecule has 0 spiro atoms. The Morgan fingerprint density at radius 2 is 1.85 bits per heavy atom. The van der Waals surface area contributed by atoms with E-state index in [0.29, 0.717) is 11.3 Å². The smallest absolute Gasteiger partial charge is 0.337 e. The molecule has 0 aliphatic heterocycles. The van der Waals surface area contributed by atoms with Gasteiger partial charge in [0.1, 0.15) is 5.75 Å². The van der Waals surface area contributed by atoms with Crippen molar-refractivity contribution in [1.82, 2.24) is 5.32 Å². The van der Waals surface area contributed by atoms with Gasteiger partial charge in [-0.25, -0.2) is 4.79 Å². The van der Waals surface area contributed by atoms with Crippen LogP contribution in [0.4, 0.5) is 5.69 Å². The van der Waals surface area contributed by atoms with Crippen molar-refractivity contribution in [3.05, 3.63) is 59.2 Å². The number of aryl methyl sites for hydroxylation is 1. The molecule has 0 bridgehead atoms. The van der Waals surface area contributed by atoms with Crippen molar-refractivity contribution >= 4 is 17.6 Å². The number of methoxy groups -OCH3 is 2. The molecule has 0 heterocycles. The minimum Gasteiger partial charge on any atom is -0.496 e. The number of anilines is 1. The zero-order valence-electron chi connectivity index (χ0n) is 15.5.